The third-order valence-electron chi connectivity index (χ3n) is 3.34. The normalized spacial score (nSPS) is 11.9. The summed E-state index contributed by atoms with van der Waals surface area (Å²) in [6.07, 6.45) is 3.62. The Bertz CT molecular complexity index is 545. The van der Waals surface area contributed by atoms with Crippen LogP contribution in [0.1, 0.15) is 13.8 Å². The second kappa shape index (κ2) is 8.95. The van der Waals surface area contributed by atoms with Gasteiger partial charge in [-0.25, -0.2) is 0 Å². The van der Waals surface area contributed by atoms with Crippen LogP contribution in [0.4, 0.5) is 11.4 Å². The van der Waals surface area contributed by atoms with Gasteiger partial charge in [0.1, 0.15) is 5.82 Å². The fourth-order valence-corrected chi connectivity index (χ4v) is 1.52. The summed E-state index contributed by atoms with van der Waals surface area (Å²) in [4.78, 5) is 1.78. The highest BCUT2D eigenvalue weighted by atomic mass is 15.3. The molecule has 1 aromatic carbocycles. The zero-order chi connectivity index (χ0) is 17.3. The molecule has 0 heterocycles. The predicted octanol–water partition coefficient (Wildman–Crippen LogP) is 3.26. The zero-order valence-electron chi connectivity index (χ0n) is 14.5. The number of nitrogens with two attached hydrogens (primary N) is 1. The van der Waals surface area contributed by atoms with Crippen LogP contribution in [0.25, 0.3) is 0 Å². The van der Waals surface area contributed by atoms with Crippen molar-refractivity contribution in [1.82, 2.24) is 10.2 Å². The van der Waals surface area contributed by atoms with E-state index < -0.39 is 0 Å². The van der Waals surface area contributed by atoms with Crippen molar-refractivity contribution in [2.75, 3.05) is 32.5 Å². The average Bonchev–Trinajstić information content (AvgIpc) is 2.56. The number of rotatable bonds is 9. The number of azo groups is 1. The van der Waals surface area contributed by atoms with Gasteiger partial charge in [0.05, 0.1) is 5.69 Å². The van der Waals surface area contributed by atoms with Crippen LogP contribution in [0.15, 0.2) is 59.3 Å². The van der Waals surface area contributed by atoms with Crippen LogP contribution >= 0.6 is 0 Å². The van der Waals surface area contributed by atoms with E-state index in [1.807, 2.05) is 44.6 Å². The quantitative estimate of drug-likeness (QED) is 0.611. The number of hydrogen-bond donors (Lipinski definition) is 3. The van der Waals surface area contributed by atoms with Gasteiger partial charge < -0.3 is 21.3 Å². The molecule has 23 heavy (non-hydrogen) atoms. The molecule has 0 unspecified atom stereocenters. The number of benzene rings is 1. The second-order valence-corrected chi connectivity index (χ2v) is 6.10. The summed E-state index contributed by atoms with van der Waals surface area (Å²) in [5.41, 5.74) is 7.62. The van der Waals surface area contributed by atoms with Crippen molar-refractivity contribution in [2.45, 2.75) is 13.8 Å². The van der Waals surface area contributed by atoms with Crippen molar-refractivity contribution in [2.24, 2.45) is 21.4 Å². The lowest BCUT2D eigenvalue weighted by molar-refractivity contribution is 0.405. The van der Waals surface area contributed by atoms with Gasteiger partial charge in [-0.1, -0.05) is 20.4 Å². The highest BCUT2D eigenvalue weighted by Gasteiger charge is 2.14. The summed E-state index contributed by atoms with van der Waals surface area (Å²) in [5, 5.41) is 14.6. The van der Waals surface area contributed by atoms with Crippen LogP contribution in [-0.2, 0) is 0 Å². The third-order valence-corrected chi connectivity index (χ3v) is 3.34. The molecular formula is C17H28N6. The Morgan fingerprint density at radius 3 is 2.57 bits per heavy atom. The van der Waals surface area contributed by atoms with Gasteiger partial charge in [-0.2, -0.15) is 0 Å². The lowest BCUT2D eigenvalue weighted by Crippen LogP contribution is -2.31. The molecule has 6 heteroatoms. The second-order valence-electron chi connectivity index (χ2n) is 6.10. The molecule has 0 aromatic heterocycles. The minimum Gasteiger partial charge on any atom is -0.393 e. The summed E-state index contributed by atoms with van der Waals surface area (Å²) in [5.74, 6) is 0.559. The Morgan fingerprint density at radius 1 is 1.35 bits per heavy atom. The molecule has 126 valence electrons. The summed E-state index contributed by atoms with van der Waals surface area (Å²) < 4.78 is 0. The van der Waals surface area contributed by atoms with Gasteiger partial charge in [0.15, 0.2) is 0 Å². The van der Waals surface area contributed by atoms with Crippen molar-refractivity contribution >= 4 is 11.4 Å². The van der Waals surface area contributed by atoms with E-state index in [4.69, 9.17) is 5.73 Å². The predicted molar refractivity (Wildman–Crippen MR) is 97.4 cm³/mol. The van der Waals surface area contributed by atoms with Gasteiger partial charge in [0, 0.05) is 38.7 Å². The number of nitrogens with one attached hydrogen (secondary N) is 2. The summed E-state index contributed by atoms with van der Waals surface area (Å²) >= 11 is 0. The van der Waals surface area contributed by atoms with Gasteiger partial charge >= 0.3 is 0 Å². The Labute approximate surface area is 139 Å². The van der Waals surface area contributed by atoms with Crippen molar-refractivity contribution in [3.63, 3.8) is 0 Å². The maximum atomic E-state index is 5.73. The number of anilines is 1. The highest BCUT2D eigenvalue weighted by Crippen LogP contribution is 2.20. The van der Waals surface area contributed by atoms with Gasteiger partial charge in [0.2, 0.25) is 0 Å². The molecule has 1 aromatic rings. The fraction of sp³-hybridized carbons (Fsp3) is 0.412. The van der Waals surface area contributed by atoms with Crippen LogP contribution < -0.4 is 16.4 Å². The Balaban J connectivity index is 2.58. The van der Waals surface area contributed by atoms with Crippen LogP contribution in [0.3, 0.4) is 0 Å². The van der Waals surface area contributed by atoms with Crippen LogP contribution in [0.5, 0.6) is 0 Å². The Kier molecular flexibility index (Phi) is 7.28. The van der Waals surface area contributed by atoms with Crippen LogP contribution in [0, 0.1) is 5.41 Å². The zero-order valence-corrected chi connectivity index (χ0v) is 14.5. The minimum atomic E-state index is 0.0710. The SMILES string of the molecule is C=C(N=Nc1ccc(NCC(C)(C)CN)cc1)N(C)/C=C\NC. The molecule has 0 saturated heterocycles. The van der Waals surface area contributed by atoms with E-state index in [2.05, 4.69) is 41.3 Å². The van der Waals surface area contributed by atoms with Crippen molar-refractivity contribution in [3.8, 4) is 0 Å². The van der Waals surface area contributed by atoms with Crippen LogP contribution in [0.2, 0.25) is 0 Å². The first-order chi connectivity index (χ1) is 10.9. The first-order valence-corrected chi connectivity index (χ1v) is 7.59. The Morgan fingerprint density at radius 2 is 2.00 bits per heavy atom. The first-order valence-electron chi connectivity index (χ1n) is 7.59. The van der Waals surface area contributed by atoms with Gasteiger partial charge in [-0.3, -0.25) is 0 Å². The maximum absolute atomic E-state index is 5.73. The molecule has 0 bridgehead atoms. The van der Waals surface area contributed by atoms with Gasteiger partial charge in [-0.05, 0) is 36.2 Å². The summed E-state index contributed by atoms with van der Waals surface area (Å²) in [7, 11) is 3.69. The van der Waals surface area contributed by atoms with Crippen molar-refractivity contribution in [3.05, 3.63) is 49.1 Å². The molecule has 0 aliphatic rings. The van der Waals surface area contributed by atoms with E-state index in [0.717, 1.165) is 17.9 Å². The van der Waals surface area contributed by atoms with Crippen molar-refractivity contribution in [1.29, 1.82) is 0 Å². The molecule has 0 aliphatic heterocycles. The monoisotopic (exact) mass is 316 g/mol. The topological polar surface area (TPSA) is 78.0 Å². The third kappa shape index (κ3) is 6.97. The van der Waals surface area contributed by atoms with Gasteiger partial charge in [0.25, 0.3) is 0 Å². The summed E-state index contributed by atoms with van der Waals surface area (Å²) in [6.45, 7) is 9.60. The smallest absolute Gasteiger partial charge is 0.147 e. The standard InChI is InChI=1S/C17H28N6/c1-14(23(5)11-10-19-4)21-22-16-8-6-15(7-9-16)20-13-17(2,3)12-18/h6-11,19-20H,1,12-13,18H2,2-5H3/b11-10-,22-21?. The molecule has 0 radical (unpaired) electrons. The lowest BCUT2D eigenvalue weighted by Gasteiger charge is -2.23. The Hall–Kier alpha value is -2.34. The lowest BCUT2D eigenvalue weighted by atomic mass is 9.94. The van der Waals surface area contributed by atoms with E-state index in [0.29, 0.717) is 12.4 Å². The van der Waals surface area contributed by atoms with Crippen LogP contribution in [-0.4, -0.2) is 32.1 Å². The average molecular weight is 316 g/mol. The molecule has 1 rings (SSSR count). The maximum Gasteiger partial charge on any atom is 0.147 e. The van der Waals surface area contributed by atoms with E-state index >= 15 is 0 Å². The fourth-order valence-electron chi connectivity index (χ4n) is 1.52. The molecule has 0 fully saturated rings. The largest absolute Gasteiger partial charge is 0.393 e. The first kappa shape index (κ1) is 18.7. The van der Waals surface area contributed by atoms with Gasteiger partial charge in [-0.15, -0.1) is 10.2 Å². The molecule has 4 N–H and O–H groups in total. The summed E-state index contributed by atoms with van der Waals surface area (Å²) in [6, 6.07) is 7.79. The van der Waals surface area contributed by atoms with E-state index in [-0.39, 0.29) is 5.41 Å². The molecular weight excluding hydrogens is 288 g/mol. The molecule has 0 aliphatic carbocycles. The molecule has 0 saturated carbocycles. The van der Waals surface area contributed by atoms with E-state index in [1.54, 1.807) is 11.1 Å². The molecule has 6 nitrogen and oxygen atoms in total. The molecule has 0 spiro atoms. The minimum absolute atomic E-state index is 0.0710. The van der Waals surface area contributed by atoms with Crippen molar-refractivity contribution < 1.29 is 0 Å². The highest BCUT2D eigenvalue weighted by molar-refractivity contribution is 5.50. The number of hydrogen-bond acceptors (Lipinski definition) is 6. The molecule has 0 amide bonds. The number of nitrogens with zero attached hydrogens (tertiary/aromatic N) is 3. The molecule has 0 atom stereocenters. The van der Waals surface area contributed by atoms with E-state index in [9.17, 15) is 0 Å². The van der Waals surface area contributed by atoms with E-state index in [1.165, 1.54) is 0 Å².